The number of nitro groups is 2. The first-order valence-electron chi connectivity index (χ1n) is 6.17. The van der Waals surface area contributed by atoms with E-state index in [9.17, 15) is 33.4 Å². The Labute approximate surface area is 136 Å². The fourth-order valence-corrected chi connectivity index (χ4v) is 2.85. The molecule has 24 heavy (non-hydrogen) atoms. The van der Waals surface area contributed by atoms with Crippen LogP contribution < -0.4 is 5.73 Å². The molecule has 0 amide bonds. The molecule has 0 bridgehead atoms. The maximum atomic E-state index is 12.8. The summed E-state index contributed by atoms with van der Waals surface area (Å²) in [5, 5.41) is 22.2. The quantitative estimate of drug-likeness (QED) is 0.496. The Morgan fingerprint density at radius 3 is 1.92 bits per heavy atom. The van der Waals surface area contributed by atoms with Gasteiger partial charge in [-0.3, -0.25) is 20.2 Å². The van der Waals surface area contributed by atoms with Gasteiger partial charge in [-0.2, -0.15) is 13.2 Å². The molecule has 0 spiro atoms. The molecule has 0 heterocycles. The van der Waals surface area contributed by atoms with Crippen LogP contribution in [0.5, 0.6) is 0 Å². The molecule has 0 saturated carbocycles. The predicted molar refractivity (Wildman–Crippen MR) is 79.7 cm³/mol. The number of para-hydroxylation sites is 1. The Hall–Kier alpha value is -2.82. The second kappa shape index (κ2) is 6.35. The fourth-order valence-electron chi connectivity index (χ4n) is 1.82. The van der Waals surface area contributed by atoms with E-state index in [-0.39, 0.29) is 22.7 Å². The van der Waals surface area contributed by atoms with Gasteiger partial charge in [0.05, 0.1) is 15.4 Å². The van der Waals surface area contributed by atoms with Crippen LogP contribution >= 0.6 is 11.8 Å². The molecule has 2 aromatic carbocycles. The summed E-state index contributed by atoms with van der Waals surface area (Å²) < 4.78 is 38.5. The summed E-state index contributed by atoms with van der Waals surface area (Å²) in [4.78, 5) is 19.8. The Morgan fingerprint density at radius 1 is 1.00 bits per heavy atom. The van der Waals surface area contributed by atoms with E-state index < -0.39 is 37.9 Å². The molecule has 0 aromatic heterocycles. The minimum atomic E-state index is -4.95. The highest BCUT2D eigenvalue weighted by Crippen LogP contribution is 2.46. The van der Waals surface area contributed by atoms with Crippen LogP contribution in [0.4, 0.5) is 30.2 Å². The molecule has 2 aromatic rings. The van der Waals surface area contributed by atoms with E-state index >= 15 is 0 Å². The maximum absolute atomic E-state index is 12.8. The average molecular weight is 359 g/mol. The van der Waals surface area contributed by atoms with Crippen molar-refractivity contribution in [1.29, 1.82) is 0 Å². The van der Waals surface area contributed by atoms with Crippen molar-refractivity contribution in [2.24, 2.45) is 0 Å². The molecule has 0 fully saturated rings. The number of rotatable bonds is 4. The van der Waals surface area contributed by atoms with Crippen LogP contribution in [0.25, 0.3) is 0 Å². The number of alkyl halides is 3. The third kappa shape index (κ3) is 3.56. The number of nitrogens with two attached hydrogens (primary N) is 1. The van der Waals surface area contributed by atoms with Crippen molar-refractivity contribution in [2.45, 2.75) is 16.0 Å². The first-order valence-corrected chi connectivity index (χ1v) is 6.99. The highest BCUT2D eigenvalue weighted by atomic mass is 32.2. The lowest BCUT2D eigenvalue weighted by Crippen LogP contribution is -2.08. The molecule has 0 atom stereocenters. The molecule has 0 aliphatic heterocycles. The van der Waals surface area contributed by atoms with Crippen LogP contribution in [0.1, 0.15) is 5.56 Å². The number of benzene rings is 2. The van der Waals surface area contributed by atoms with Gasteiger partial charge in [-0.15, -0.1) is 0 Å². The molecule has 0 unspecified atom stereocenters. The number of anilines is 1. The van der Waals surface area contributed by atoms with Crippen molar-refractivity contribution in [3.63, 3.8) is 0 Å². The SMILES string of the molecule is Nc1ccccc1Sc1c([N+](=O)[O-])cc(C(F)(F)F)cc1[N+](=O)[O-]. The highest BCUT2D eigenvalue weighted by molar-refractivity contribution is 7.99. The van der Waals surface area contributed by atoms with E-state index in [1.54, 1.807) is 12.1 Å². The molecular formula is C13H8F3N3O4S. The van der Waals surface area contributed by atoms with Crippen molar-refractivity contribution in [2.75, 3.05) is 5.73 Å². The van der Waals surface area contributed by atoms with Crippen LogP contribution in [-0.2, 0) is 6.18 Å². The zero-order valence-corrected chi connectivity index (χ0v) is 12.4. The summed E-state index contributed by atoms with van der Waals surface area (Å²) in [5.74, 6) is 0. The van der Waals surface area contributed by atoms with E-state index in [1.165, 1.54) is 12.1 Å². The number of nitrogen functional groups attached to an aromatic ring is 1. The van der Waals surface area contributed by atoms with Crippen LogP contribution in [-0.4, -0.2) is 9.85 Å². The lowest BCUT2D eigenvalue weighted by atomic mass is 10.1. The van der Waals surface area contributed by atoms with E-state index in [1.807, 2.05) is 0 Å². The number of nitrogens with zero attached hydrogens (tertiary/aromatic N) is 2. The maximum Gasteiger partial charge on any atom is 0.416 e. The number of nitro benzene ring substituents is 2. The number of hydrogen-bond donors (Lipinski definition) is 1. The average Bonchev–Trinajstić information content (AvgIpc) is 2.47. The third-order valence-corrected chi connectivity index (χ3v) is 4.12. The lowest BCUT2D eigenvalue weighted by molar-refractivity contribution is -0.400. The summed E-state index contributed by atoms with van der Waals surface area (Å²) >= 11 is 0.568. The lowest BCUT2D eigenvalue weighted by Gasteiger charge is -2.10. The van der Waals surface area contributed by atoms with Crippen molar-refractivity contribution < 1.29 is 23.0 Å². The van der Waals surface area contributed by atoms with E-state index in [0.717, 1.165) is 0 Å². The van der Waals surface area contributed by atoms with Gasteiger partial charge in [-0.1, -0.05) is 23.9 Å². The monoisotopic (exact) mass is 359 g/mol. The largest absolute Gasteiger partial charge is 0.416 e. The van der Waals surface area contributed by atoms with Crippen molar-refractivity contribution in [3.05, 3.63) is 62.2 Å². The molecular weight excluding hydrogens is 351 g/mol. The highest BCUT2D eigenvalue weighted by Gasteiger charge is 2.38. The molecule has 2 N–H and O–H groups in total. The van der Waals surface area contributed by atoms with Crippen molar-refractivity contribution in [3.8, 4) is 0 Å². The Kier molecular flexibility index (Phi) is 4.64. The summed E-state index contributed by atoms with van der Waals surface area (Å²) in [6, 6.07) is 6.58. The standard InChI is InChI=1S/C13H8F3N3O4S/c14-13(15,16)7-5-9(18(20)21)12(10(6-7)19(22)23)24-11-4-2-1-3-8(11)17/h1-6H,17H2. The minimum Gasteiger partial charge on any atom is -0.398 e. The summed E-state index contributed by atoms with van der Waals surface area (Å²) in [7, 11) is 0. The number of hydrogen-bond acceptors (Lipinski definition) is 6. The number of halogens is 3. The molecule has 0 aliphatic carbocycles. The summed E-state index contributed by atoms with van der Waals surface area (Å²) in [5.41, 5.74) is 2.38. The van der Waals surface area contributed by atoms with Gasteiger partial charge in [0.1, 0.15) is 0 Å². The molecule has 7 nitrogen and oxygen atoms in total. The smallest absolute Gasteiger partial charge is 0.398 e. The van der Waals surface area contributed by atoms with Gasteiger partial charge >= 0.3 is 6.18 Å². The topological polar surface area (TPSA) is 112 Å². The van der Waals surface area contributed by atoms with Crippen LogP contribution in [0.15, 0.2) is 46.2 Å². The van der Waals surface area contributed by atoms with Gasteiger partial charge < -0.3 is 5.73 Å². The molecule has 0 radical (unpaired) electrons. The molecule has 0 aliphatic rings. The van der Waals surface area contributed by atoms with Gasteiger partial charge in [0.15, 0.2) is 4.90 Å². The first kappa shape index (κ1) is 17.5. The summed E-state index contributed by atoms with van der Waals surface area (Å²) in [6.07, 6.45) is -4.95. The normalized spacial score (nSPS) is 11.3. The van der Waals surface area contributed by atoms with E-state index in [0.29, 0.717) is 11.8 Å². The second-order valence-electron chi connectivity index (χ2n) is 4.50. The Bertz CT molecular complexity index is 791. The van der Waals surface area contributed by atoms with Gasteiger partial charge in [-0.05, 0) is 12.1 Å². The minimum absolute atomic E-state index is 0.186. The van der Waals surface area contributed by atoms with Crippen molar-refractivity contribution >= 4 is 28.8 Å². The Balaban J connectivity index is 2.71. The third-order valence-electron chi connectivity index (χ3n) is 2.90. The van der Waals surface area contributed by atoms with Gasteiger partial charge in [0.2, 0.25) is 0 Å². The van der Waals surface area contributed by atoms with Gasteiger partial charge in [0.25, 0.3) is 11.4 Å². The predicted octanol–water partition coefficient (Wildman–Crippen LogP) is 4.26. The molecule has 126 valence electrons. The summed E-state index contributed by atoms with van der Waals surface area (Å²) in [6.45, 7) is 0. The van der Waals surface area contributed by atoms with Gasteiger partial charge in [-0.25, -0.2) is 0 Å². The Morgan fingerprint density at radius 2 is 1.50 bits per heavy atom. The van der Waals surface area contributed by atoms with Crippen LogP contribution in [0.2, 0.25) is 0 Å². The zero-order chi connectivity index (χ0) is 18.1. The molecule has 2 rings (SSSR count). The van der Waals surface area contributed by atoms with E-state index in [2.05, 4.69) is 0 Å². The van der Waals surface area contributed by atoms with E-state index in [4.69, 9.17) is 5.73 Å². The second-order valence-corrected chi connectivity index (χ2v) is 5.55. The van der Waals surface area contributed by atoms with Crippen molar-refractivity contribution in [1.82, 2.24) is 0 Å². The first-order chi connectivity index (χ1) is 11.1. The fraction of sp³-hybridized carbons (Fsp3) is 0.0769. The molecule has 11 heteroatoms. The van der Waals surface area contributed by atoms with Crippen LogP contribution in [0, 0.1) is 20.2 Å². The zero-order valence-electron chi connectivity index (χ0n) is 11.6. The van der Waals surface area contributed by atoms with Gasteiger partial charge in [0, 0.05) is 22.7 Å². The molecule has 0 saturated heterocycles. The van der Waals surface area contributed by atoms with Crippen LogP contribution in [0.3, 0.4) is 0 Å².